The molecule has 2 aromatic rings. The normalized spacial score (nSPS) is 18.0. The number of halogens is 2. The van der Waals surface area contributed by atoms with Gasteiger partial charge in [-0.25, -0.2) is 23.7 Å². The molecule has 1 aliphatic heterocycles. The van der Waals surface area contributed by atoms with E-state index in [4.69, 9.17) is 11.1 Å². The number of nitrogens with zero attached hydrogens (tertiary/aromatic N) is 4. The molecule has 126 valence electrons. The quantitative estimate of drug-likeness (QED) is 0.722. The predicted molar refractivity (Wildman–Crippen MR) is 87.2 cm³/mol. The summed E-state index contributed by atoms with van der Waals surface area (Å²) in [6.07, 6.45) is 3.51. The van der Waals surface area contributed by atoms with Crippen molar-refractivity contribution in [1.29, 1.82) is 5.41 Å². The smallest absolute Gasteiger partial charge is 0.279 e. The summed E-state index contributed by atoms with van der Waals surface area (Å²) in [6, 6.07) is 1.98. The minimum atomic E-state index is -2.80. The molecule has 2 aromatic heterocycles. The lowest BCUT2D eigenvalue weighted by Gasteiger charge is -2.16. The first-order valence-corrected chi connectivity index (χ1v) is 7.45. The van der Waals surface area contributed by atoms with Crippen LogP contribution in [0.4, 0.5) is 14.6 Å². The zero-order chi connectivity index (χ0) is 17.1. The zero-order valence-electron chi connectivity index (χ0n) is 12.8. The van der Waals surface area contributed by atoms with E-state index in [1.165, 1.54) is 12.4 Å². The molecule has 24 heavy (non-hydrogen) atoms. The third-order valence-corrected chi connectivity index (χ3v) is 3.73. The molecular weight excluding hydrogens is 316 g/mol. The molecule has 0 aromatic carbocycles. The van der Waals surface area contributed by atoms with Crippen LogP contribution in [0.2, 0.25) is 0 Å². The first kappa shape index (κ1) is 16.2. The van der Waals surface area contributed by atoms with Crippen LogP contribution < -0.4 is 10.6 Å². The van der Waals surface area contributed by atoms with Crippen molar-refractivity contribution in [3.63, 3.8) is 0 Å². The molecule has 7 nitrogen and oxygen atoms in total. The van der Waals surface area contributed by atoms with Gasteiger partial charge in [-0.2, -0.15) is 0 Å². The van der Waals surface area contributed by atoms with Crippen molar-refractivity contribution in [3.8, 4) is 11.4 Å². The highest BCUT2D eigenvalue weighted by Crippen LogP contribution is 2.22. The Morgan fingerprint density at radius 3 is 2.96 bits per heavy atom. The fraction of sp³-hybridized carbons (Fsp3) is 0.333. The molecule has 0 aliphatic carbocycles. The van der Waals surface area contributed by atoms with Crippen LogP contribution in [0.15, 0.2) is 24.7 Å². The molecule has 3 heterocycles. The van der Waals surface area contributed by atoms with E-state index in [-0.39, 0.29) is 6.04 Å². The number of aromatic nitrogens is 4. The van der Waals surface area contributed by atoms with Crippen molar-refractivity contribution in [2.24, 2.45) is 5.73 Å². The van der Waals surface area contributed by atoms with Gasteiger partial charge in [0.1, 0.15) is 18.0 Å². The van der Waals surface area contributed by atoms with Crippen molar-refractivity contribution in [2.75, 3.05) is 18.0 Å². The standard InChI is InChI=1S/C15H17F2N7/c16-15(17)10(19)1-2-13-20-6-12(23-13)11-5-14(22-8-21-11)24-4-3-9(18)7-24/h1-2,5-6,8-9,15,19H,3-4,7,18H2,(H,20,23)/b2-1-,19-10?. The summed E-state index contributed by atoms with van der Waals surface area (Å²) in [5.74, 6) is 1.16. The molecule has 0 amide bonds. The monoisotopic (exact) mass is 333 g/mol. The van der Waals surface area contributed by atoms with Gasteiger partial charge >= 0.3 is 0 Å². The van der Waals surface area contributed by atoms with E-state index in [1.807, 2.05) is 6.07 Å². The molecule has 0 bridgehead atoms. The minimum absolute atomic E-state index is 0.150. The highest BCUT2D eigenvalue weighted by Gasteiger charge is 2.20. The van der Waals surface area contributed by atoms with E-state index >= 15 is 0 Å². The Morgan fingerprint density at radius 2 is 2.25 bits per heavy atom. The number of aromatic amines is 1. The fourth-order valence-electron chi connectivity index (χ4n) is 2.46. The maximum atomic E-state index is 12.3. The Morgan fingerprint density at radius 1 is 1.42 bits per heavy atom. The number of allylic oxidation sites excluding steroid dienone is 1. The average Bonchev–Trinajstić information content (AvgIpc) is 3.21. The van der Waals surface area contributed by atoms with Gasteiger partial charge in [-0.05, 0) is 18.6 Å². The molecule has 1 unspecified atom stereocenters. The van der Waals surface area contributed by atoms with E-state index in [0.29, 0.717) is 17.2 Å². The lowest BCUT2D eigenvalue weighted by Crippen LogP contribution is -2.26. The Hall–Kier alpha value is -2.68. The Balaban J connectivity index is 1.77. The van der Waals surface area contributed by atoms with Crippen LogP contribution in [-0.4, -0.2) is 51.2 Å². The fourth-order valence-corrected chi connectivity index (χ4v) is 2.46. The molecule has 1 saturated heterocycles. The van der Waals surface area contributed by atoms with Gasteiger partial charge in [0.15, 0.2) is 0 Å². The van der Waals surface area contributed by atoms with Crippen LogP contribution in [0, 0.1) is 5.41 Å². The first-order valence-electron chi connectivity index (χ1n) is 7.45. The van der Waals surface area contributed by atoms with E-state index in [1.54, 1.807) is 6.20 Å². The molecule has 4 N–H and O–H groups in total. The number of alkyl halides is 2. The summed E-state index contributed by atoms with van der Waals surface area (Å²) in [6.45, 7) is 1.60. The topological polar surface area (TPSA) is 108 Å². The third kappa shape index (κ3) is 3.62. The average molecular weight is 333 g/mol. The molecule has 9 heteroatoms. The van der Waals surface area contributed by atoms with Crippen LogP contribution in [-0.2, 0) is 0 Å². The maximum Gasteiger partial charge on any atom is 0.279 e. The second-order valence-electron chi connectivity index (χ2n) is 5.53. The van der Waals surface area contributed by atoms with Crippen LogP contribution in [0.3, 0.4) is 0 Å². The number of hydrogen-bond donors (Lipinski definition) is 3. The van der Waals surface area contributed by atoms with E-state index in [2.05, 4.69) is 24.8 Å². The summed E-state index contributed by atoms with van der Waals surface area (Å²) in [5, 5.41) is 7.09. The molecule has 0 radical (unpaired) electrons. The summed E-state index contributed by atoms with van der Waals surface area (Å²) in [7, 11) is 0. The summed E-state index contributed by atoms with van der Waals surface area (Å²) in [5.41, 5.74) is 6.45. The second-order valence-corrected chi connectivity index (χ2v) is 5.53. The zero-order valence-corrected chi connectivity index (χ0v) is 12.8. The molecule has 1 atom stereocenters. The van der Waals surface area contributed by atoms with Gasteiger partial charge in [-0.3, -0.25) is 5.41 Å². The minimum Gasteiger partial charge on any atom is -0.355 e. The van der Waals surface area contributed by atoms with Crippen molar-refractivity contribution in [1.82, 2.24) is 19.9 Å². The number of imidazole rings is 1. The van der Waals surface area contributed by atoms with Crippen LogP contribution in [0.25, 0.3) is 17.5 Å². The molecule has 0 spiro atoms. The van der Waals surface area contributed by atoms with Crippen molar-refractivity contribution < 1.29 is 8.78 Å². The second kappa shape index (κ2) is 6.83. The van der Waals surface area contributed by atoms with E-state index in [0.717, 1.165) is 31.4 Å². The van der Waals surface area contributed by atoms with Crippen molar-refractivity contribution >= 4 is 17.6 Å². The molecule has 3 rings (SSSR count). The maximum absolute atomic E-state index is 12.3. The SMILES string of the molecule is N=C(/C=C\c1ncc(-c2cc(N3CCC(N)C3)ncn2)[nH]1)C(F)F. The molecule has 1 aliphatic rings. The molecule has 0 saturated carbocycles. The third-order valence-electron chi connectivity index (χ3n) is 3.73. The summed E-state index contributed by atoms with van der Waals surface area (Å²) >= 11 is 0. The van der Waals surface area contributed by atoms with Gasteiger partial charge in [-0.15, -0.1) is 0 Å². The number of anilines is 1. The van der Waals surface area contributed by atoms with Crippen molar-refractivity contribution in [3.05, 3.63) is 30.5 Å². The Labute approximate surface area is 137 Å². The van der Waals surface area contributed by atoms with Gasteiger partial charge < -0.3 is 15.6 Å². The largest absolute Gasteiger partial charge is 0.355 e. The summed E-state index contributed by atoms with van der Waals surface area (Å²) in [4.78, 5) is 17.6. The van der Waals surface area contributed by atoms with Crippen LogP contribution in [0.1, 0.15) is 12.2 Å². The lowest BCUT2D eigenvalue weighted by atomic mass is 10.3. The lowest BCUT2D eigenvalue weighted by molar-refractivity contribution is 0.226. The highest BCUT2D eigenvalue weighted by atomic mass is 19.3. The van der Waals surface area contributed by atoms with Crippen LogP contribution >= 0.6 is 0 Å². The Kier molecular flexibility index (Phi) is 4.61. The number of rotatable bonds is 5. The van der Waals surface area contributed by atoms with Gasteiger partial charge in [0, 0.05) is 25.2 Å². The first-order chi connectivity index (χ1) is 11.5. The van der Waals surface area contributed by atoms with E-state index < -0.39 is 12.1 Å². The van der Waals surface area contributed by atoms with Gasteiger partial charge in [-0.1, -0.05) is 0 Å². The molecule has 1 fully saturated rings. The highest BCUT2D eigenvalue weighted by molar-refractivity contribution is 5.97. The summed E-state index contributed by atoms with van der Waals surface area (Å²) < 4.78 is 24.6. The number of nitrogens with two attached hydrogens (primary N) is 1. The number of nitrogens with one attached hydrogen (secondary N) is 2. The predicted octanol–water partition coefficient (Wildman–Crippen LogP) is 1.70. The number of H-pyrrole nitrogens is 1. The number of hydrogen-bond acceptors (Lipinski definition) is 6. The van der Waals surface area contributed by atoms with Gasteiger partial charge in [0.25, 0.3) is 6.43 Å². The Bertz CT molecular complexity index is 756. The van der Waals surface area contributed by atoms with Crippen LogP contribution in [0.5, 0.6) is 0 Å². The van der Waals surface area contributed by atoms with Gasteiger partial charge in [0.2, 0.25) is 0 Å². The molecular formula is C15H17F2N7. The van der Waals surface area contributed by atoms with Crippen molar-refractivity contribution in [2.45, 2.75) is 18.9 Å². The van der Waals surface area contributed by atoms with Gasteiger partial charge in [0.05, 0.1) is 23.3 Å². The van der Waals surface area contributed by atoms with E-state index in [9.17, 15) is 8.78 Å².